The molecule has 1 spiro atoms. The number of rotatable bonds is 2. The van der Waals surface area contributed by atoms with E-state index in [1.807, 2.05) is 25.7 Å². The first kappa shape index (κ1) is 12.9. The van der Waals surface area contributed by atoms with Gasteiger partial charge in [-0.2, -0.15) is 0 Å². The van der Waals surface area contributed by atoms with E-state index in [0.29, 0.717) is 0 Å². The Labute approximate surface area is 117 Å². The molecular formula is C13H20N4OS. The maximum absolute atomic E-state index is 5.75. The van der Waals surface area contributed by atoms with Crippen LogP contribution in [0.3, 0.4) is 0 Å². The third-order valence-corrected chi connectivity index (χ3v) is 4.72. The van der Waals surface area contributed by atoms with Crippen molar-refractivity contribution >= 4 is 17.2 Å². The quantitative estimate of drug-likeness (QED) is 0.828. The summed E-state index contributed by atoms with van der Waals surface area (Å²) in [6.45, 7) is 3.10. The standard InChI is InChI=1S/C13H20N4OS/c1-16(2)11-9-13(18-15-11)3-6-17(7-4-13)10-12-14-5-8-19-12/h5,8H,3-4,6-7,9-10H2,1-2H3. The molecule has 1 aromatic heterocycles. The van der Waals surface area contributed by atoms with E-state index in [9.17, 15) is 0 Å². The number of amidine groups is 1. The number of hydrogen-bond donors (Lipinski definition) is 0. The van der Waals surface area contributed by atoms with Crippen LogP contribution < -0.4 is 0 Å². The van der Waals surface area contributed by atoms with Crippen LogP contribution >= 0.6 is 11.3 Å². The van der Waals surface area contributed by atoms with E-state index in [0.717, 1.165) is 44.7 Å². The van der Waals surface area contributed by atoms with Gasteiger partial charge in [-0.15, -0.1) is 11.3 Å². The zero-order valence-electron chi connectivity index (χ0n) is 11.5. The molecule has 1 fully saturated rings. The van der Waals surface area contributed by atoms with Gasteiger partial charge in [0.25, 0.3) is 0 Å². The van der Waals surface area contributed by atoms with Gasteiger partial charge < -0.3 is 9.74 Å². The van der Waals surface area contributed by atoms with Gasteiger partial charge in [-0.25, -0.2) is 4.98 Å². The van der Waals surface area contributed by atoms with Crippen molar-refractivity contribution in [2.45, 2.75) is 31.4 Å². The lowest BCUT2D eigenvalue weighted by Crippen LogP contribution is -2.44. The van der Waals surface area contributed by atoms with Gasteiger partial charge >= 0.3 is 0 Å². The predicted molar refractivity (Wildman–Crippen MR) is 76.2 cm³/mol. The zero-order chi connectivity index (χ0) is 13.3. The van der Waals surface area contributed by atoms with Crippen LogP contribution in [0.25, 0.3) is 0 Å². The van der Waals surface area contributed by atoms with E-state index in [4.69, 9.17) is 4.84 Å². The molecule has 0 bridgehead atoms. The Morgan fingerprint density at radius 2 is 2.21 bits per heavy atom. The lowest BCUT2D eigenvalue weighted by molar-refractivity contribution is -0.0627. The fourth-order valence-electron chi connectivity index (χ4n) is 2.65. The van der Waals surface area contributed by atoms with Crippen molar-refractivity contribution in [3.63, 3.8) is 0 Å². The highest BCUT2D eigenvalue weighted by atomic mass is 32.1. The van der Waals surface area contributed by atoms with Crippen LogP contribution in [0, 0.1) is 0 Å². The predicted octanol–water partition coefficient (Wildman–Crippen LogP) is 1.77. The van der Waals surface area contributed by atoms with Gasteiger partial charge in [-0.05, 0) is 0 Å². The molecule has 0 amide bonds. The van der Waals surface area contributed by atoms with Gasteiger partial charge in [-0.1, -0.05) is 5.16 Å². The number of aromatic nitrogens is 1. The summed E-state index contributed by atoms with van der Waals surface area (Å²) in [6.07, 6.45) is 4.94. The van der Waals surface area contributed by atoms with Gasteiger partial charge in [0.1, 0.15) is 16.4 Å². The summed E-state index contributed by atoms with van der Waals surface area (Å²) in [4.78, 5) is 14.6. The fourth-order valence-corrected chi connectivity index (χ4v) is 3.31. The third kappa shape index (κ3) is 2.74. The highest BCUT2D eigenvalue weighted by Gasteiger charge is 2.42. The monoisotopic (exact) mass is 280 g/mol. The molecule has 0 aliphatic carbocycles. The number of piperidine rings is 1. The van der Waals surface area contributed by atoms with Crippen LogP contribution in [0.2, 0.25) is 0 Å². The van der Waals surface area contributed by atoms with Crippen molar-refractivity contribution in [2.75, 3.05) is 27.2 Å². The SMILES string of the molecule is CN(C)C1=NOC2(CCN(Cc3nccs3)CC2)C1. The maximum Gasteiger partial charge on any atom is 0.148 e. The smallest absolute Gasteiger partial charge is 0.148 e. The summed E-state index contributed by atoms with van der Waals surface area (Å²) in [6, 6.07) is 0. The minimum absolute atomic E-state index is 0.0427. The number of thiazole rings is 1. The molecule has 0 aromatic carbocycles. The summed E-state index contributed by atoms with van der Waals surface area (Å²) >= 11 is 1.73. The van der Waals surface area contributed by atoms with Crippen molar-refractivity contribution in [3.8, 4) is 0 Å². The molecular weight excluding hydrogens is 260 g/mol. The van der Waals surface area contributed by atoms with Crippen LogP contribution in [0.5, 0.6) is 0 Å². The molecule has 5 nitrogen and oxygen atoms in total. The molecule has 2 aliphatic heterocycles. The van der Waals surface area contributed by atoms with E-state index in [-0.39, 0.29) is 5.60 Å². The lowest BCUT2D eigenvalue weighted by Gasteiger charge is -2.36. The second-order valence-corrected chi connectivity index (χ2v) is 6.53. The summed E-state index contributed by atoms with van der Waals surface area (Å²) in [5.41, 5.74) is -0.0427. The summed E-state index contributed by atoms with van der Waals surface area (Å²) in [5, 5.41) is 7.47. The van der Waals surface area contributed by atoms with E-state index >= 15 is 0 Å². The van der Waals surface area contributed by atoms with Crippen molar-refractivity contribution in [2.24, 2.45) is 5.16 Å². The van der Waals surface area contributed by atoms with E-state index < -0.39 is 0 Å². The third-order valence-electron chi connectivity index (χ3n) is 3.95. The largest absolute Gasteiger partial charge is 0.387 e. The maximum atomic E-state index is 5.75. The van der Waals surface area contributed by atoms with Crippen LogP contribution in [0.15, 0.2) is 16.7 Å². The molecule has 1 saturated heterocycles. The normalized spacial score (nSPS) is 22.3. The molecule has 19 heavy (non-hydrogen) atoms. The summed E-state index contributed by atoms with van der Waals surface area (Å²) < 4.78 is 0. The molecule has 2 aliphatic rings. The average molecular weight is 280 g/mol. The minimum Gasteiger partial charge on any atom is -0.387 e. The summed E-state index contributed by atoms with van der Waals surface area (Å²) in [5.74, 6) is 1.06. The first-order valence-corrected chi connectivity index (χ1v) is 7.58. The van der Waals surface area contributed by atoms with Gasteiger partial charge in [0, 0.05) is 51.6 Å². The number of hydrogen-bond acceptors (Lipinski definition) is 6. The van der Waals surface area contributed by atoms with Gasteiger partial charge in [0.15, 0.2) is 0 Å². The molecule has 1 aromatic rings. The summed E-state index contributed by atoms with van der Waals surface area (Å²) in [7, 11) is 4.05. The number of nitrogens with zero attached hydrogens (tertiary/aromatic N) is 4. The molecule has 3 heterocycles. The first-order valence-electron chi connectivity index (χ1n) is 6.70. The lowest BCUT2D eigenvalue weighted by atomic mass is 9.88. The van der Waals surface area contributed by atoms with E-state index in [2.05, 4.69) is 19.9 Å². The van der Waals surface area contributed by atoms with Crippen molar-refractivity contribution in [1.82, 2.24) is 14.8 Å². The Balaban J connectivity index is 1.53. The molecule has 3 rings (SSSR count). The Kier molecular flexibility index (Phi) is 3.45. The molecule has 0 N–H and O–H groups in total. The van der Waals surface area contributed by atoms with Gasteiger partial charge in [0.05, 0.1) is 13.0 Å². The zero-order valence-corrected chi connectivity index (χ0v) is 12.3. The first-order chi connectivity index (χ1) is 9.17. The Morgan fingerprint density at radius 3 is 2.79 bits per heavy atom. The van der Waals surface area contributed by atoms with Crippen LogP contribution in [-0.4, -0.2) is 53.4 Å². The second kappa shape index (κ2) is 5.09. The molecule has 104 valence electrons. The molecule has 6 heteroatoms. The molecule has 0 radical (unpaired) electrons. The van der Waals surface area contributed by atoms with Gasteiger partial charge in [-0.3, -0.25) is 4.90 Å². The van der Waals surface area contributed by atoms with Crippen molar-refractivity contribution < 1.29 is 4.84 Å². The highest BCUT2D eigenvalue weighted by Crippen LogP contribution is 2.35. The van der Waals surface area contributed by atoms with E-state index in [1.165, 1.54) is 5.01 Å². The molecule has 0 atom stereocenters. The van der Waals surface area contributed by atoms with Crippen LogP contribution in [0.4, 0.5) is 0 Å². The molecule has 0 saturated carbocycles. The van der Waals surface area contributed by atoms with E-state index in [1.54, 1.807) is 11.3 Å². The minimum atomic E-state index is -0.0427. The fraction of sp³-hybridized carbons (Fsp3) is 0.692. The van der Waals surface area contributed by atoms with Gasteiger partial charge in [0.2, 0.25) is 0 Å². The number of oxime groups is 1. The highest BCUT2D eigenvalue weighted by molar-refractivity contribution is 7.09. The number of likely N-dealkylation sites (tertiary alicyclic amines) is 1. The van der Waals surface area contributed by atoms with Crippen LogP contribution in [0.1, 0.15) is 24.3 Å². The average Bonchev–Trinajstić information content (AvgIpc) is 3.03. The second-order valence-electron chi connectivity index (χ2n) is 5.56. The molecule has 0 unspecified atom stereocenters. The Hall–Kier alpha value is -1.14. The Bertz CT molecular complexity index is 449. The van der Waals surface area contributed by atoms with Crippen LogP contribution in [-0.2, 0) is 11.4 Å². The Morgan fingerprint density at radius 1 is 1.42 bits per heavy atom. The topological polar surface area (TPSA) is 41.0 Å². The van der Waals surface area contributed by atoms with Crippen molar-refractivity contribution in [1.29, 1.82) is 0 Å². The van der Waals surface area contributed by atoms with Crippen molar-refractivity contribution in [3.05, 3.63) is 16.6 Å².